The van der Waals surface area contributed by atoms with Crippen molar-refractivity contribution in [3.63, 3.8) is 0 Å². The fourth-order valence-electron chi connectivity index (χ4n) is 6.37. The van der Waals surface area contributed by atoms with E-state index >= 15 is 0 Å². The van der Waals surface area contributed by atoms with Crippen LogP contribution in [0.4, 0.5) is 11.4 Å². The van der Waals surface area contributed by atoms with Crippen molar-refractivity contribution in [3.8, 4) is 17.0 Å². The first-order valence-electron chi connectivity index (χ1n) is 14.3. The van der Waals surface area contributed by atoms with Crippen LogP contribution in [0.5, 0.6) is 5.75 Å². The molecule has 40 heavy (non-hydrogen) atoms. The molecule has 206 valence electrons. The summed E-state index contributed by atoms with van der Waals surface area (Å²) in [4.78, 5) is 25.9. The SMILES string of the molecule is COc1cc2c(cc1N1C[C@@H](C)N(C)[C@@H](C)C1)N(C(=O)c1ccc(-c3cccc(C)n3)c3ccccc13)CCC2. The number of piperazine rings is 1. The molecular formula is C34H38N4O2. The van der Waals surface area contributed by atoms with Crippen LogP contribution < -0.4 is 14.5 Å². The standard InChI is InChI=1S/C34H38N4O2/c1-22-10-8-14-30(35-22)28-15-16-29(27-13-7-6-12-26(27)28)34(39)38-17-9-11-25-18-33(40-5)32(19-31(25)38)37-20-23(2)36(4)24(3)21-37/h6-8,10,12-16,18-19,23-24H,9,11,17,20-21H2,1-5H3/t23-,24+. The average molecular weight is 535 g/mol. The number of amides is 1. The van der Waals surface area contributed by atoms with Crippen LogP contribution in [0, 0.1) is 6.92 Å². The number of hydrogen-bond acceptors (Lipinski definition) is 5. The number of aromatic nitrogens is 1. The Labute approximate surface area is 237 Å². The lowest BCUT2D eigenvalue weighted by atomic mass is 9.95. The Morgan fingerprint density at radius 1 is 0.925 bits per heavy atom. The lowest BCUT2D eigenvalue weighted by Crippen LogP contribution is -2.55. The van der Waals surface area contributed by atoms with E-state index in [9.17, 15) is 4.79 Å². The minimum absolute atomic E-state index is 0.0390. The van der Waals surface area contributed by atoms with Crippen LogP contribution in [-0.4, -0.2) is 61.7 Å². The van der Waals surface area contributed by atoms with Crippen molar-refractivity contribution in [1.29, 1.82) is 0 Å². The molecule has 1 saturated heterocycles. The number of rotatable bonds is 4. The van der Waals surface area contributed by atoms with Crippen molar-refractivity contribution in [1.82, 2.24) is 9.88 Å². The first-order chi connectivity index (χ1) is 19.4. The quantitative estimate of drug-likeness (QED) is 0.306. The lowest BCUT2D eigenvalue weighted by molar-refractivity contribution is 0.0986. The van der Waals surface area contributed by atoms with E-state index in [0.717, 1.165) is 76.3 Å². The van der Waals surface area contributed by atoms with Gasteiger partial charge in [-0.25, -0.2) is 0 Å². The summed E-state index contributed by atoms with van der Waals surface area (Å²) in [5.74, 6) is 0.926. The summed E-state index contributed by atoms with van der Waals surface area (Å²) in [6.07, 6.45) is 1.86. The largest absolute Gasteiger partial charge is 0.495 e. The number of nitrogens with zero attached hydrogens (tertiary/aromatic N) is 4. The first-order valence-corrected chi connectivity index (χ1v) is 14.3. The van der Waals surface area contributed by atoms with Crippen molar-refractivity contribution in [2.45, 2.75) is 45.7 Å². The average Bonchev–Trinajstić information content (AvgIpc) is 2.97. The van der Waals surface area contributed by atoms with Crippen LogP contribution in [0.1, 0.15) is 41.9 Å². The second-order valence-corrected chi connectivity index (χ2v) is 11.4. The van der Waals surface area contributed by atoms with Gasteiger partial charge in [-0.15, -0.1) is 0 Å². The van der Waals surface area contributed by atoms with Gasteiger partial charge in [-0.2, -0.15) is 0 Å². The van der Waals surface area contributed by atoms with Crippen molar-refractivity contribution in [2.75, 3.05) is 43.6 Å². The maximum Gasteiger partial charge on any atom is 0.258 e. The van der Waals surface area contributed by atoms with Crippen LogP contribution in [-0.2, 0) is 6.42 Å². The zero-order chi connectivity index (χ0) is 28.0. The molecule has 0 spiro atoms. The zero-order valence-corrected chi connectivity index (χ0v) is 24.1. The summed E-state index contributed by atoms with van der Waals surface area (Å²) in [7, 11) is 3.94. The molecule has 0 unspecified atom stereocenters. The molecule has 1 fully saturated rings. The van der Waals surface area contributed by atoms with Gasteiger partial charge in [0.2, 0.25) is 0 Å². The van der Waals surface area contributed by atoms with Crippen LogP contribution >= 0.6 is 0 Å². The second-order valence-electron chi connectivity index (χ2n) is 11.4. The topological polar surface area (TPSA) is 48.9 Å². The number of anilines is 2. The molecule has 1 amide bonds. The maximum absolute atomic E-state index is 14.3. The molecule has 6 heteroatoms. The monoisotopic (exact) mass is 534 g/mol. The van der Waals surface area contributed by atoms with Crippen molar-refractivity contribution >= 4 is 28.1 Å². The predicted octanol–water partition coefficient (Wildman–Crippen LogP) is 6.34. The van der Waals surface area contributed by atoms with E-state index in [2.05, 4.69) is 61.0 Å². The molecule has 3 heterocycles. The summed E-state index contributed by atoms with van der Waals surface area (Å²) in [5, 5.41) is 2.00. The van der Waals surface area contributed by atoms with Gasteiger partial charge in [0.05, 0.1) is 18.5 Å². The number of likely N-dealkylation sites (N-methyl/N-ethyl adjacent to an activating group) is 1. The highest BCUT2D eigenvalue weighted by molar-refractivity contribution is 6.16. The Kier molecular flexibility index (Phi) is 6.97. The van der Waals surface area contributed by atoms with E-state index in [1.165, 1.54) is 5.56 Å². The van der Waals surface area contributed by atoms with Crippen LogP contribution in [0.15, 0.2) is 66.7 Å². The molecule has 6 nitrogen and oxygen atoms in total. The Morgan fingerprint density at radius 3 is 2.40 bits per heavy atom. The number of carbonyl (C=O) groups is 1. The summed E-state index contributed by atoms with van der Waals surface area (Å²) in [6.45, 7) is 9.08. The first kappa shape index (κ1) is 26.3. The smallest absolute Gasteiger partial charge is 0.258 e. The van der Waals surface area contributed by atoms with Crippen LogP contribution in [0.3, 0.4) is 0 Å². The normalized spacial score (nSPS) is 19.5. The van der Waals surface area contributed by atoms with E-state index in [4.69, 9.17) is 9.72 Å². The number of ether oxygens (including phenoxy) is 1. The van der Waals surface area contributed by atoms with Crippen LogP contribution in [0.2, 0.25) is 0 Å². The van der Waals surface area contributed by atoms with Gasteiger partial charge in [0.15, 0.2) is 0 Å². The fraction of sp³-hybridized carbons (Fsp3) is 0.353. The third kappa shape index (κ3) is 4.60. The van der Waals surface area contributed by atoms with Gasteiger partial charge in [-0.3, -0.25) is 14.7 Å². The molecule has 1 aromatic heterocycles. The number of methoxy groups -OCH3 is 1. The third-order valence-corrected chi connectivity index (χ3v) is 8.76. The summed E-state index contributed by atoms with van der Waals surface area (Å²) in [6, 6.07) is 23.5. The molecule has 0 N–H and O–H groups in total. The van der Waals surface area contributed by atoms with E-state index in [1.807, 2.05) is 48.2 Å². The number of carbonyl (C=O) groups excluding carboxylic acids is 1. The van der Waals surface area contributed by atoms with Crippen molar-refractivity contribution in [2.24, 2.45) is 0 Å². The molecule has 2 aliphatic heterocycles. The predicted molar refractivity (Wildman–Crippen MR) is 164 cm³/mol. The molecule has 0 aliphatic carbocycles. The van der Waals surface area contributed by atoms with Gasteiger partial charge in [0, 0.05) is 54.2 Å². The number of benzene rings is 3. The number of fused-ring (bicyclic) bond motifs is 2. The summed E-state index contributed by atoms with van der Waals surface area (Å²) >= 11 is 0. The number of aryl methyl sites for hydroxylation is 2. The Hall–Kier alpha value is -3.90. The maximum atomic E-state index is 14.3. The molecular weight excluding hydrogens is 496 g/mol. The number of hydrogen-bond donors (Lipinski definition) is 0. The van der Waals surface area contributed by atoms with Gasteiger partial charge in [-0.05, 0) is 87.3 Å². The Bertz CT molecular complexity index is 1570. The molecule has 0 bridgehead atoms. The van der Waals surface area contributed by atoms with E-state index < -0.39 is 0 Å². The fourth-order valence-corrected chi connectivity index (χ4v) is 6.37. The summed E-state index contributed by atoms with van der Waals surface area (Å²) in [5.41, 5.74) is 6.89. The van der Waals surface area contributed by atoms with Gasteiger partial charge < -0.3 is 14.5 Å². The Morgan fingerprint density at radius 2 is 1.68 bits per heavy atom. The Balaban J connectivity index is 1.42. The highest BCUT2D eigenvalue weighted by atomic mass is 16.5. The van der Waals surface area contributed by atoms with E-state index in [0.29, 0.717) is 18.6 Å². The molecule has 0 saturated carbocycles. The number of pyridine rings is 1. The minimum atomic E-state index is 0.0390. The second kappa shape index (κ2) is 10.6. The highest BCUT2D eigenvalue weighted by Gasteiger charge is 2.31. The van der Waals surface area contributed by atoms with Gasteiger partial charge in [0.25, 0.3) is 5.91 Å². The van der Waals surface area contributed by atoms with Gasteiger partial charge in [-0.1, -0.05) is 36.4 Å². The molecule has 2 atom stereocenters. The molecule has 0 radical (unpaired) electrons. The van der Waals surface area contributed by atoms with Gasteiger partial charge in [0.1, 0.15) is 5.75 Å². The van der Waals surface area contributed by atoms with E-state index in [-0.39, 0.29) is 5.91 Å². The zero-order valence-electron chi connectivity index (χ0n) is 24.1. The van der Waals surface area contributed by atoms with Gasteiger partial charge >= 0.3 is 0 Å². The summed E-state index contributed by atoms with van der Waals surface area (Å²) < 4.78 is 5.90. The lowest BCUT2D eigenvalue weighted by Gasteiger charge is -2.44. The molecule has 6 rings (SSSR count). The van der Waals surface area contributed by atoms with Crippen molar-refractivity contribution in [3.05, 3.63) is 83.6 Å². The minimum Gasteiger partial charge on any atom is -0.495 e. The van der Waals surface area contributed by atoms with E-state index in [1.54, 1.807) is 7.11 Å². The highest BCUT2D eigenvalue weighted by Crippen LogP contribution is 2.41. The van der Waals surface area contributed by atoms with Crippen molar-refractivity contribution < 1.29 is 9.53 Å². The molecule has 4 aromatic rings. The molecule has 3 aromatic carbocycles. The molecule has 2 aliphatic rings. The third-order valence-electron chi connectivity index (χ3n) is 8.76. The van der Waals surface area contributed by atoms with Crippen LogP contribution in [0.25, 0.3) is 22.0 Å².